The van der Waals surface area contributed by atoms with Crippen molar-refractivity contribution in [2.75, 3.05) is 47.6 Å². The van der Waals surface area contributed by atoms with E-state index in [-0.39, 0.29) is 17.6 Å². The number of thioether (sulfide) groups is 1. The summed E-state index contributed by atoms with van der Waals surface area (Å²) in [5.74, 6) is -0.398. The highest BCUT2D eigenvalue weighted by molar-refractivity contribution is 8.01. The molecule has 1 aliphatic rings. The lowest BCUT2D eigenvalue weighted by Gasteiger charge is -2.25. The molecule has 1 aliphatic heterocycles. The van der Waals surface area contributed by atoms with Crippen molar-refractivity contribution in [2.45, 2.75) is 4.34 Å². The first-order chi connectivity index (χ1) is 15.6. The van der Waals surface area contributed by atoms with Gasteiger partial charge in [-0.3, -0.25) is 9.59 Å². The van der Waals surface area contributed by atoms with E-state index in [0.29, 0.717) is 35.2 Å². The molecule has 0 unspecified atom stereocenters. The Kier molecular flexibility index (Phi) is 7.59. The molecule has 8 nitrogen and oxygen atoms in total. The second kappa shape index (κ2) is 10.8. The minimum absolute atomic E-state index is 0.158. The zero-order valence-corrected chi connectivity index (χ0v) is 19.3. The highest BCUT2D eigenvalue weighted by Gasteiger charge is 2.17. The number of nitrogens with one attached hydrogen (secondary N) is 2. The molecule has 0 bridgehead atoms. The molecule has 0 radical (unpaired) electrons. The number of benzene rings is 2. The molecule has 0 saturated carbocycles. The lowest BCUT2D eigenvalue weighted by atomic mass is 10.1. The predicted octanol–water partition coefficient (Wildman–Crippen LogP) is 4.01. The van der Waals surface area contributed by atoms with Crippen LogP contribution in [0.4, 0.5) is 16.5 Å². The van der Waals surface area contributed by atoms with Gasteiger partial charge in [-0.05, 0) is 36.4 Å². The van der Waals surface area contributed by atoms with Gasteiger partial charge in [0, 0.05) is 23.8 Å². The Hall–Kier alpha value is -2.66. The maximum atomic E-state index is 12.7. The average Bonchev–Trinajstić information content (AvgIpc) is 3.29. The first-order valence-electron chi connectivity index (χ1n) is 9.83. The molecule has 0 atom stereocenters. The molecule has 166 valence electrons. The second-order valence-electron chi connectivity index (χ2n) is 6.79. The zero-order chi connectivity index (χ0) is 22.3. The molecule has 1 saturated heterocycles. The summed E-state index contributed by atoms with van der Waals surface area (Å²) in [7, 11) is 0. The summed E-state index contributed by atoms with van der Waals surface area (Å²) >= 11 is 8.65. The Morgan fingerprint density at radius 2 is 1.81 bits per heavy atom. The quantitative estimate of drug-likeness (QED) is 0.484. The number of amides is 2. The van der Waals surface area contributed by atoms with E-state index >= 15 is 0 Å². The van der Waals surface area contributed by atoms with Crippen molar-refractivity contribution in [2.24, 2.45) is 0 Å². The normalized spacial score (nSPS) is 13.6. The number of nitrogens with zero attached hydrogens (tertiary/aromatic N) is 3. The van der Waals surface area contributed by atoms with Crippen LogP contribution in [0, 0.1) is 0 Å². The van der Waals surface area contributed by atoms with Crippen molar-refractivity contribution in [1.82, 2.24) is 10.2 Å². The molecule has 1 fully saturated rings. The molecule has 2 amide bonds. The summed E-state index contributed by atoms with van der Waals surface area (Å²) in [6.45, 7) is 2.92. The van der Waals surface area contributed by atoms with Crippen LogP contribution in [0.2, 0.25) is 5.02 Å². The molecule has 1 aromatic heterocycles. The molecule has 0 aliphatic carbocycles. The van der Waals surface area contributed by atoms with E-state index in [0.717, 1.165) is 22.6 Å². The number of para-hydroxylation sites is 1. The Labute approximate surface area is 198 Å². The Balaban J connectivity index is 1.34. The van der Waals surface area contributed by atoms with Gasteiger partial charge in [-0.2, -0.15) is 0 Å². The standard InChI is InChI=1S/C21H20ClN5O3S2/c22-14-5-7-15(8-6-14)23-19(29)16-3-1-2-4-17(16)24-18(28)13-31-21-26-25-20(32-21)27-9-11-30-12-10-27/h1-8H,9-13H2,(H,23,29)(H,24,28). The number of anilines is 3. The summed E-state index contributed by atoms with van der Waals surface area (Å²) in [5.41, 5.74) is 1.42. The van der Waals surface area contributed by atoms with Crippen molar-refractivity contribution in [3.63, 3.8) is 0 Å². The van der Waals surface area contributed by atoms with Gasteiger partial charge in [0.15, 0.2) is 4.34 Å². The summed E-state index contributed by atoms with van der Waals surface area (Å²) < 4.78 is 6.07. The van der Waals surface area contributed by atoms with E-state index in [1.54, 1.807) is 48.5 Å². The maximum Gasteiger partial charge on any atom is 0.257 e. The van der Waals surface area contributed by atoms with Gasteiger partial charge in [0.1, 0.15) is 0 Å². The molecule has 3 aromatic rings. The fraction of sp³-hybridized carbons (Fsp3) is 0.238. The fourth-order valence-corrected chi connectivity index (χ4v) is 4.80. The van der Waals surface area contributed by atoms with Gasteiger partial charge in [0.2, 0.25) is 11.0 Å². The lowest BCUT2D eigenvalue weighted by molar-refractivity contribution is -0.113. The van der Waals surface area contributed by atoms with Crippen molar-refractivity contribution in [3.05, 3.63) is 59.1 Å². The number of rotatable bonds is 7. The largest absolute Gasteiger partial charge is 0.378 e. The van der Waals surface area contributed by atoms with Gasteiger partial charge < -0.3 is 20.3 Å². The number of aromatic nitrogens is 2. The highest BCUT2D eigenvalue weighted by Crippen LogP contribution is 2.28. The summed E-state index contributed by atoms with van der Waals surface area (Å²) in [6.07, 6.45) is 0. The molecule has 2 heterocycles. The van der Waals surface area contributed by atoms with Crippen LogP contribution in [-0.2, 0) is 9.53 Å². The van der Waals surface area contributed by atoms with Gasteiger partial charge in [-0.1, -0.05) is 46.8 Å². The topological polar surface area (TPSA) is 96.5 Å². The molecule has 11 heteroatoms. The molecule has 2 N–H and O–H groups in total. The summed E-state index contributed by atoms with van der Waals surface area (Å²) in [6, 6.07) is 13.7. The fourth-order valence-electron chi connectivity index (χ4n) is 2.98. The van der Waals surface area contributed by atoms with E-state index in [4.69, 9.17) is 16.3 Å². The van der Waals surface area contributed by atoms with Crippen LogP contribution in [-0.4, -0.2) is 54.1 Å². The number of halogens is 1. The zero-order valence-electron chi connectivity index (χ0n) is 16.9. The van der Waals surface area contributed by atoms with Crippen LogP contribution in [0.15, 0.2) is 52.9 Å². The van der Waals surface area contributed by atoms with Crippen molar-refractivity contribution >= 4 is 63.0 Å². The summed E-state index contributed by atoms with van der Waals surface area (Å²) in [4.78, 5) is 27.3. The molecular weight excluding hydrogens is 470 g/mol. The molecular formula is C21H20ClN5O3S2. The van der Waals surface area contributed by atoms with E-state index in [2.05, 4.69) is 25.7 Å². The average molecular weight is 490 g/mol. The minimum atomic E-state index is -0.324. The number of carbonyl (C=O) groups is 2. The van der Waals surface area contributed by atoms with Gasteiger partial charge in [0.05, 0.1) is 30.2 Å². The van der Waals surface area contributed by atoms with Crippen LogP contribution in [0.1, 0.15) is 10.4 Å². The summed E-state index contributed by atoms with van der Waals surface area (Å²) in [5, 5.41) is 15.4. The minimum Gasteiger partial charge on any atom is -0.378 e. The number of hydrogen-bond donors (Lipinski definition) is 2. The van der Waals surface area contributed by atoms with Gasteiger partial charge >= 0.3 is 0 Å². The number of ether oxygens (including phenoxy) is 1. The van der Waals surface area contributed by atoms with Crippen molar-refractivity contribution in [1.29, 1.82) is 0 Å². The van der Waals surface area contributed by atoms with Crippen LogP contribution < -0.4 is 15.5 Å². The molecule has 32 heavy (non-hydrogen) atoms. The van der Waals surface area contributed by atoms with Gasteiger partial charge in [0.25, 0.3) is 5.91 Å². The first kappa shape index (κ1) is 22.5. The SMILES string of the molecule is O=C(CSc1nnc(N2CCOCC2)s1)Nc1ccccc1C(=O)Nc1ccc(Cl)cc1. The Bertz CT molecular complexity index is 1090. The van der Waals surface area contributed by atoms with Crippen molar-refractivity contribution in [3.8, 4) is 0 Å². The highest BCUT2D eigenvalue weighted by atomic mass is 35.5. The Morgan fingerprint density at radius 1 is 1.06 bits per heavy atom. The first-order valence-corrected chi connectivity index (χ1v) is 12.0. The third-order valence-corrected chi connectivity index (χ3v) is 6.92. The molecule has 2 aromatic carbocycles. The maximum absolute atomic E-state index is 12.7. The monoisotopic (exact) mass is 489 g/mol. The van der Waals surface area contributed by atoms with Crippen LogP contribution in [0.25, 0.3) is 0 Å². The second-order valence-corrected chi connectivity index (χ2v) is 9.41. The van der Waals surface area contributed by atoms with E-state index < -0.39 is 0 Å². The van der Waals surface area contributed by atoms with E-state index in [1.165, 1.54) is 23.1 Å². The lowest BCUT2D eigenvalue weighted by Crippen LogP contribution is -2.36. The van der Waals surface area contributed by atoms with Crippen molar-refractivity contribution < 1.29 is 14.3 Å². The molecule has 0 spiro atoms. The van der Waals surface area contributed by atoms with Crippen LogP contribution >= 0.6 is 34.7 Å². The Morgan fingerprint density at radius 3 is 2.59 bits per heavy atom. The number of hydrogen-bond acceptors (Lipinski definition) is 8. The van der Waals surface area contributed by atoms with E-state index in [9.17, 15) is 9.59 Å². The smallest absolute Gasteiger partial charge is 0.257 e. The third-order valence-electron chi connectivity index (χ3n) is 4.55. The third kappa shape index (κ3) is 5.98. The van der Waals surface area contributed by atoms with E-state index in [1.807, 2.05) is 0 Å². The van der Waals surface area contributed by atoms with Crippen LogP contribution in [0.5, 0.6) is 0 Å². The predicted molar refractivity (Wildman–Crippen MR) is 128 cm³/mol. The number of carbonyl (C=O) groups excluding carboxylic acids is 2. The van der Waals surface area contributed by atoms with Crippen LogP contribution in [0.3, 0.4) is 0 Å². The van der Waals surface area contributed by atoms with Gasteiger partial charge in [-0.25, -0.2) is 0 Å². The van der Waals surface area contributed by atoms with Gasteiger partial charge in [-0.15, -0.1) is 10.2 Å². The number of morpholine rings is 1. The molecule has 4 rings (SSSR count).